The second-order valence-electron chi connectivity index (χ2n) is 4.15. The van der Waals surface area contributed by atoms with Crippen molar-refractivity contribution >= 4 is 23.4 Å². The molecule has 0 saturated heterocycles. The fourth-order valence-electron chi connectivity index (χ4n) is 1.68. The van der Waals surface area contributed by atoms with Crippen LogP contribution in [0.2, 0.25) is 5.02 Å². The molecule has 0 atom stereocenters. The Morgan fingerprint density at radius 3 is 2.65 bits per heavy atom. The number of carbonyl (C=O) groups excluding carboxylic acids is 1. The van der Waals surface area contributed by atoms with Crippen LogP contribution < -0.4 is 5.32 Å². The summed E-state index contributed by atoms with van der Waals surface area (Å²) >= 11 is 5.82. The lowest BCUT2D eigenvalue weighted by molar-refractivity contribution is 0.155. The number of amides is 1. The molecule has 0 aromatic heterocycles. The fraction of sp³-hybridized carbons (Fsp3) is 0.133. The molecule has 2 aromatic rings. The van der Waals surface area contributed by atoms with E-state index in [-0.39, 0.29) is 13.2 Å². The van der Waals surface area contributed by atoms with Crippen molar-refractivity contribution in [3.63, 3.8) is 0 Å². The van der Waals surface area contributed by atoms with Crippen LogP contribution in [0.15, 0.2) is 48.5 Å². The Kier molecular flexibility index (Phi) is 4.98. The lowest BCUT2D eigenvalue weighted by atomic mass is 10.2. The second-order valence-corrected chi connectivity index (χ2v) is 4.58. The molecular formula is C15H14ClNO3. The second kappa shape index (κ2) is 6.93. The molecule has 0 spiro atoms. The maximum absolute atomic E-state index is 11.7. The average molecular weight is 292 g/mol. The van der Waals surface area contributed by atoms with Crippen molar-refractivity contribution in [3.8, 4) is 0 Å². The summed E-state index contributed by atoms with van der Waals surface area (Å²) in [6.45, 7) is -0.0242. The van der Waals surface area contributed by atoms with E-state index in [1.807, 2.05) is 30.3 Å². The van der Waals surface area contributed by atoms with Crippen molar-refractivity contribution in [2.75, 3.05) is 5.32 Å². The molecule has 0 aliphatic rings. The molecule has 0 heterocycles. The van der Waals surface area contributed by atoms with Gasteiger partial charge in [0, 0.05) is 16.3 Å². The summed E-state index contributed by atoms with van der Waals surface area (Å²) in [5, 5.41) is 12.3. The smallest absolute Gasteiger partial charge is 0.411 e. The summed E-state index contributed by atoms with van der Waals surface area (Å²) in [7, 11) is 0. The molecule has 0 aliphatic heterocycles. The minimum Gasteiger partial charge on any atom is -0.444 e. The van der Waals surface area contributed by atoms with Gasteiger partial charge in [0.05, 0.1) is 6.61 Å². The molecule has 0 fully saturated rings. The van der Waals surface area contributed by atoms with E-state index in [0.29, 0.717) is 16.3 Å². The predicted octanol–water partition coefficient (Wildman–Crippen LogP) is 3.58. The van der Waals surface area contributed by atoms with E-state index in [4.69, 9.17) is 16.3 Å². The number of benzene rings is 2. The Balaban J connectivity index is 1.95. The molecule has 4 nitrogen and oxygen atoms in total. The van der Waals surface area contributed by atoms with Crippen LogP contribution in [0.1, 0.15) is 11.1 Å². The van der Waals surface area contributed by atoms with Crippen molar-refractivity contribution < 1.29 is 14.6 Å². The zero-order valence-corrected chi connectivity index (χ0v) is 11.4. The number of ether oxygens (including phenoxy) is 1. The number of aliphatic hydroxyl groups excluding tert-OH is 1. The van der Waals surface area contributed by atoms with E-state index in [2.05, 4.69) is 5.32 Å². The topological polar surface area (TPSA) is 58.6 Å². The van der Waals surface area contributed by atoms with Crippen molar-refractivity contribution in [3.05, 3.63) is 64.7 Å². The largest absolute Gasteiger partial charge is 0.444 e. The van der Waals surface area contributed by atoms with Crippen molar-refractivity contribution in [1.29, 1.82) is 0 Å². The maximum Gasteiger partial charge on any atom is 0.411 e. The third-order valence-electron chi connectivity index (χ3n) is 2.69. The maximum atomic E-state index is 11.7. The van der Waals surface area contributed by atoms with Crippen molar-refractivity contribution in [2.45, 2.75) is 13.2 Å². The highest BCUT2D eigenvalue weighted by molar-refractivity contribution is 6.30. The van der Waals surface area contributed by atoms with E-state index < -0.39 is 6.09 Å². The molecule has 20 heavy (non-hydrogen) atoms. The molecule has 2 rings (SSSR count). The van der Waals surface area contributed by atoms with E-state index in [0.717, 1.165) is 5.56 Å². The van der Waals surface area contributed by atoms with Crippen molar-refractivity contribution in [2.24, 2.45) is 0 Å². The quantitative estimate of drug-likeness (QED) is 0.905. The first kappa shape index (κ1) is 14.4. The third-order valence-corrected chi connectivity index (χ3v) is 2.92. The van der Waals surface area contributed by atoms with Crippen LogP contribution in [0.5, 0.6) is 0 Å². The molecule has 5 heteroatoms. The van der Waals surface area contributed by atoms with E-state index in [1.54, 1.807) is 18.2 Å². The van der Waals surface area contributed by atoms with Crippen molar-refractivity contribution in [1.82, 2.24) is 0 Å². The van der Waals surface area contributed by atoms with E-state index in [9.17, 15) is 9.90 Å². The predicted molar refractivity (Wildman–Crippen MR) is 77.6 cm³/mol. The molecule has 2 N–H and O–H groups in total. The van der Waals surface area contributed by atoms with Gasteiger partial charge in [0.25, 0.3) is 0 Å². The number of hydrogen-bond donors (Lipinski definition) is 2. The molecule has 2 aromatic carbocycles. The summed E-state index contributed by atoms with van der Waals surface area (Å²) in [5.41, 5.74) is 1.92. The van der Waals surface area contributed by atoms with Crippen LogP contribution in [0, 0.1) is 0 Å². The highest BCUT2D eigenvalue weighted by Gasteiger charge is 2.08. The number of halogens is 1. The summed E-state index contributed by atoms with van der Waals surface area (Å²) in [6.07, 6.45) is -0.578. The lowest BCUT2D eigenvalue weighted by Crippen LogP contribution is -2.14. The minimum absolute atomic E-state index is 0.189. The van der Waals surface area contributed by atoms with Crippen LogP contribution >= 0.6 is 11.6 Å². The van der Waals surface area contributed by atoms with Gasteiger partial charge in [-0.3, -0.25) is 5.32 Å². The van der Waals surface area contributed by atoms with Crippen LogP contribution in [-0.4, -0.2) is 11.2 Å². The first-order valence-electron chi connectivity index (χ1n) is 6.06. The van der Waals surface area contributed by atoms with Gasteiger partial charge in [-0.15, -0.1) is 0 Å². The zero-order valence-electron chi connectivity index (χ0n) is 10.7. The standard InChI is InChI=1S/C15H14ClNO3/c16-13-6-7-14(12(8-13)9-18)17-15(19)20-10-11-4-2-1-3-5-11/h1-8,18H,9-10H2,(H,17,19). The monoisotopic (exact) mass is 291 g/mol. The van der Waals surface area contributed by atoms with Crippen LogP contribution in [0.3, 0.4) is 0 Å². The van der Waals surface area contributed by atoms with Gasteiger partial charge in [-0.05, 0) is 23.8 Å². The Bertz CT molecular complexity index is 587. The fourth-order valence-corrected chi connectivity index (χ4v) is 1.88. The third kappa shape index (κ3) is 3.98. The van der Waals surface area contributed by atoms with Gasteiger partial charge in [0.1, 0.15) is 6.61 Å². The van der Waals surface area contributed by atoms with E-state index >= 15 is 0 Å². The Morgan fingerprint density at radius 2 is 1.95 bits per heavy atom. The first-order valence-corrected chi connectivity index (χ1v) is 6.44. The highest BCUT2D eigenvalue weighted by Crippen LogP contribution is 2.21. The minimum atomic E-state index is -0.578. The summed E-state index contributed by atoms with van der Waals surface area (Å²) < 4.78 is 5.10. The molecule has 0 radical (unpaired) electrons. The van der Waals surface area contributed by atoms with Crippen LogP contribution in [-0.2, 0) is 18.0 Å². The Morgan fingerprint density at radius 1 is 1.20 bits per heavy atom. The average Bonchev–Trinajstić information content (AvgIpc) is 2.48. The number of anilines is 1. The molecule has 0 saturated carbocycles. The normalized spacial score (nSPS) is 10.1. The lowest BCUT2D eigenvalue weighted by Gasteiger charge is -2.10. The number of carbonyl (C=O) groups is 1. The Hall–Kier alpha value is -2.04. The molecule has 104 valence electrons. The summed E-state index contributed by atoms with van der Waals surface area (Å²) in [6, 6.07) is 14.2. The van der Waals surface area contributed by atoms with Crippen LogP contribution in [0.4, 0.5) is 10.5 Å². The van der Waals surface area contributed by atoms with E-state index in [1.165, 1.54) is 0 Å². The SMILES string of the molecule is O=C(Nc1ccc(Cl)cc1CO)OCc1ccccc1. The molecule has 0 aliphatic carbocycles. The number of hydrogen-bond acceptors (Lipinski definition) is 3. The first-order chi connectivity index (χ1) is 9.69. The van der Waals surface area contributed by atoms with Gasteiger partial charge >= 0.3 is 6.09 Å². The zero-order chi connectivity index (χ0) is 14.4. The molecule has 0 unspecified atom stereocenters. The molecule has 0 bridgehead atoms. The van der Waals surface area contributed by atoms with Gasteiger partial charge in [-0.25, -0.2) is 4.79 Å². The van der Waals surface area contributed by atoms with Crippen LogP contribution in [0.25, 0.3) is 0 Å². The summed E-state index contributed by atoms with van der Waals surface area (Å²) in [4.78, 5) is 11.7. The number of rotatable bonds is 4. The summed E-state index contributed by atoms with van der Waals surface area (Å²) in [5.74, 6) is 0. The molecular weight excluding hydrogens is 278 g/mol. The number of aliphatic hydroxyl groups is 1. The highest BCUT2D eigenvalue weighted by atomic mass is 35.5. The van der Waals surface area contributed by atoms with Gasteiger partial charge in [0.15, 0.2) is 0 Å². The van der Waals surface area contributed by atoms with Gasteiger partial charge in [0.2, 0.25) is 0 Å². The van der Waals surface area contributed by atoms with Gasteiger partial charge < -0.3 is 9.84 Å². The Labute approximate surface area is 122 Å². The number of nitrogens with one attached hydrogen (secondary N) is 1. The van der Waals surface area contributed by atoms with Gasteiger partial charge in [-0.1, -0.05) is 41.9 Å². The molecule has 1 amide bonds. The van der Waals surface area contributed by atoms with Gasteiger partial charge in [-0.2, -0.15) is 0 Å².